The van der Waals surface area contributed by atoms with Crippen molar-refractivity contribution in [1.82, 2.24) is 19.8 Å². The van der Waals surface area contributed by atoms with Crippen molar-refractivity contribution in [2.45, 2.75) is 76.2 Å². The van der Waals surface area contributed by atoms with Crippen LogP contribution in [0.4, 0.5) is 24.9 Å². The summed E-state index contributed by atoms with van der Waals surface area (Å²) in [5, 5.41) is 3.62. The second kappa shape index (κ2) is 13.1. The second-order valence-corrected chi connectivity index (χ2v) is 11.1. The van der Waals surface area contributed by atoms with Crippen LogP contribution in [0.1, 0.15) is 68.1 Å². The van der Waals surface area contributed by atoms with E-state index in [9.17, 15) is 18.0 Å². The van der Waals surface area contributed by atoms with Crippen molar-refractivity contribution in [3.8, 4) is 5.75 Å². The fraction of sp³-hybridized carbons (Fsp3) is 0.621. The summed E-state index contributed by atoms with van der Waals surface area (Å²) in [4.78, 5) is 29.1. The van der Waals surface area contributed by atoms with Crippen molar-refractivity contribution < 1.29 is 22.7 Å². The minimum Gasteiger partial charge on any atom is -0.406 e. The Bertz CT molecular complexity index is 1100. The lowest BCUT2D eigenvalue weighted by molar-refractivity contribution is -0.274. The minimum absolute atomic E-state index is 0.158. The van der Waals surface area contributed by atoms with E-state index >= 15 is 0 Å². The van der Waals surface area contributed by atoms with Gasteiger partial charge in [0.2, 0.25) is 5.95 Å². The Morgan fingerprint density at radius 2 is 1.57 bits per heavy atom. The molecule has 5 rings (SSSR count). The number of carbonyl (C=O) groups excluding carboxylic acids is 1. The standard InChI is InChI=1S/C29H39F3N6O2/c30-29(31,32)40-25-10-8-22(9-11-25)27(39)37-19-13-24(14-20-37)38-18-6-3-7-23(21-38)34-28-33-15-12-26(35-28)36-16-4-1-2-5-17-36/h8-12,15,23-24H,1-7,13-14,16-21H2,(H,33,34,35). The van der Waals surface area contributed by atoms with Gasteiger partial charge in [-0.2, -0.15) is 4.98 Å². The molecule has 0 bridgehead atoms. The first-order chi connectivity index (χ1) is 19.3. The van der Waals surface area contributed by atoms with Crippen LogP contribution in [-0.2, 0) is 0 Å². The summed E-state index contributed by atoms with van der Waals surface area (Å²) in [5.41, 5.74) is 0.370. The molecule has 1 aromatic heterocycles. The molecule has 1 N–H and O–H groups in total. The molecule has 11 heteroatoms. The highest BCUT2D eigenvalue weighted by Crippen LogP contribution is 2.26. The van der Waals surface area contributed by atoms with Gasteiger partial charge in [-0.25, -0.2) is 4.98 Å². The van der Waals surface area contributed by atoms with Crippen LogP contribution >= 0.6 is 0 Å². The van der Waals surface area contributed by atoms with E-state index in [4.69, 9.17) is 4.98 Å². The highest BCUT2D eigenvalue weighted by Gasteiger charge is 2.32. The van der Waals surface area contributed by atoms with Crippen LogP contribution in [0.25, 0.3) is 0 Å². The summed E-state index contributed by atoms with van der Waals surface area (Å²) < 4.78 is 41.2. The number of nitrogens with zero attached hydrogens (tertiary/aromatic N) is 5. The van der Waals surface area contributed by atoms with E-state index in [2.05, 4.69) is 24.8 Å². The molecule has 1 unspecified atom stereocenters. The number of likely N-dealkylation sites (tertiary alicyclic amines) is 2. The largest absolute Gasteiger partial charge is 0.573 e. The van der Waals surface area contributed by atoms with Crippen LogP contribution in [0.5, 0.6) is 5.75 Å². The number of amides is 1. The van der Waals surface area contributed by atoms with E-state index < -0.39 is 6.36 Å². The molecule has 3 fully saturated rings. The Balaban J connectivity index is 1.14. The third-order valence-corrected chi connectivity index (χ3v) is 8.21. The third kappa shape index (κ3) is 7.77. The van der Waals surface area contributed by atoms with Crippen LogP contribution in [-0.4, -0.2) is 83.4 Å². The van der Waals surface area contributed by atoms with Gasteiger partial charge in [0.05, 0.1) is 0 Å². The topological polar surface area (TPSA) is 73.8 Å². The number of ether oxygens (including phenoxy) is 1. The SMILES string of the molecule is O=C(c1ccc(OC(F)(F)F)cc1)N1CCC(N2CCCCC(Nc3nccc(N4CCCCCC4)n3)C2)CC1. The zero-order valence-corrected chi connectivity index (χ0v) is 22.9. The predicted octanol–water partition coefficient (Wildman–Crippen LogP) is 5.33. The quantitative estimate of drug-likeness (QED) is 0.512. The van der Waals surface area contributed by atoms with Crippen molar-refractivity contribution in [1.29, 1.82) is 0 Å². The predicted molar refractivity (Wildman–Crippen MR) is 148 cm³/mol. The molecule has 3 aliphatic rings. The number of benzene rings is 1. The maximum absolute atomic E-state index is 13.0. The maximum atomic E-state index is 13.0. The summed E-state index contributed by atoms with van der Waals surface area (Å²) in [6.07, 6.45) is 7.17. The zero-order valence-electron chi connectivity index (χ0n) is 22.9. The number of halogens is 3. The number of hydrogen-bond acceptors (Lipinski definition) is 7. The van der Waals surface area contributed by atoms with Gasteiger partial charge in [-0.05, 0) is 75.4 Å². The van der Waals surface area contributed by atoms with E-state index in [1.165, 1.54) is 49.9 Å². The van der Waals surface area contributed by atoms with E-state index in [0.29, 0.717) is 30.6 Å². The Hall–Kier alpha value is -3.08. The summed E-state index contributed by atoms with van der Waals surface area (Å²) in [7, 11) is 0. The monoisotopic (exact) mass is 560 g/mol. The Morgan fingerprint density at radius 3 is 2.27 bits per heavy atom. The van der Waals surface area contributed by atoms with Crippen LogP contribution in [0.3, 0.4) is 0 Å². The van der Waals surface area contributed by atoms with Gasteiger partial charge in [-0.1, -0.05) is 19.3 Å². The van der Waals surface area contributed by atoms with E-state index in [0.717, 1.165) is 64.1 Å². The summed E-state index contributed by atoms with van der Waals surface area (Å²) >= 11 is 0. The van der Waals surface area contributed by atoms with Gasteiger partial charge in [0.15, 0.2) is 0 Å². The van der Waals surface area contributed by atoms with E-state index in [1.54, 1.807) is 4.90 Å². The van der Waals surface area contributed by atoms with Crippen molar-refractivity contribution in [2.75, 3.05) is 49.5 Å². The molecule has 0 saturated carbocycles. The normalized spacial score (nSPS) is 21.9. The first-order valence-electron chi connectivity index (χ1n) is 14.6. The van der Waals surface area contributed by atoms with Crippen molar-refractivity contribution in [3.05, 3.63) is 42.1 Å². The van der Waals surface area contributed by atoms with Gasteiger partial charge < -0.3 is 19.9 Å². The Morgan fingerprint density at radius 1 is 0.875 bits per heavy atom. The lowest BCUT2D eigenvalue weighted by Gasteiger charge is -2.39. The van der Waals surface area contributed by atoms with Crippen molar-refractivity contribution in [2.24, 2.45) is 0 Å². The number of hydrogen-bond donors (Lipinski definition) is 1. The first kappa shape index (κ1) is 28.4. The molecular formula is C29H39F3N6O2. The highest BCUT2D eigenvalue weighted by atomic mass is 19.4. The minimum atomic E-state index is -4.75. The van der Waals surface area contributed by atoms with E-state index in [1.807, 2.05) is 12.3 Å². The van der Waals surface area contributed by atoms with Crippen molar-refractivity contribution >= 4 is 17.7 Å². The lowest BCUT2D eigenvalue weighted by atomic mass is 10.0. The Labute approximate surface area is 233 Å². The number of aromatic nitrogens is 2. The van der Waals surface area contributed by atoms with Gasteiger partial charge in [-0.3, -0.25) is 9.69 Å². The zero-order chi connectivity index (χ0) is 28.0. The lowest BCUT2D eigenvalue weighted by Crippen LogP contribution is -2.49. The number of alkyl halides is 3. The first-order valence-corrected chi connectivity index (χ1v) is 14.6. The van der Waals surface area contributed by atoms with E-state index in [-0.39, 0.29) is 17.7 Å². The molecule has 2 aromatic rings. The molecule has 4 heterocycles. The number of piperidine rings is 1. The average Bonchev–Trinajstić information content (AvgIpc) is 3.36. The second-order valence-electron chi connectivity index (χ2n) is 11.1. The van der Waals surface area contributed by atoms with Gasteiger partial charge in [0.1, 0.15) is 11.6 Å². The number of anilines is 2. The van der Waals surface area contributed by atoms with Crippen LogP contribution in [0.15, 0.2) is 36.5 Å². The molecule has 0 radical (unpaired) electrons. The molecule has 218 valence electrons. The number of carbonyl (C=O) groups is 1. The molecule has 1 atom stereocenters. The molecule has 8 nitrogen and oxygen atoms in total. The van der Waals surface area contributed by atoms with Gasteiger partial charge in [-0.15, -0.1) is 13.2 Å². The van der Waals surface area contributed by atoms with Gasteiger partial charge >= 0.3 is 6.36 Å². The molecule has 0 aliphatic carbocycles. The highest BCUT2D eigenvalue weighted by molar-refractivity contribution is 5.94. The van der Waals surface area contributed by atoms with Crippen LogP contribution in [0, 0.1) is 0 Å². The van der Waals surface area contributed by atoms with Crippen LogP contribution < -0.4 is 15.0 Å². The average molecular weight is 561 g/mol. The fourth-order valence-electron chi connectivity index (χ4n) is 6.11. The van der Waals surface area contributed by atoms with Crippen LogP contribution in [0.2, 0.25) is 0 Å². The van der Waals surface area contributed by atoms with Gasteiger partial charge in [0.25, 0.3) is 5.91 Å². The summed E-state index contributed by atoms with van der Waals surface area (Å²) in [6.45, 7) is 5.29. The third-order valence-electron chi connectivity index (χ3n) is 8.21. The molecule has 1 aromatic carbocycles. The summed E-state index contributed by atoms with van der Waals surface area (Å²) in [6, 6.07) is 7.82. The smallest absolute Gasteiger partial charge is 0.406 e. The van der Waals surface area contributed by atoms with Gasteiger partial charge in [0, 0.05) is 56.6 Å². The van der Waals surface area contributed by atoms with Crippen molar-refractivity contribution in [3.63, 3.8) is 0 Å². The Kier molecular flexibility index (Phi) is 9.29. The molecule has 0 spiro atoms. The molecule has 3 aliphatic heterocycles. The number of rotatable bonds is 6. The number of nitrogens with one attached hydrogen (secondary N) is 1. The molecular weight excluding hydrogens is 521 g/mol. The molecule has 3 saturated heterocycles. The molecule has 40 heavy (non-hydrogen) atoms. The summed E-state index contributed by atoms with van der Waals surface area (Å²) in [5.74, 6) is 1.21. The maximum Gasteiger partial charge on any atom is 0.573 e. The molecule has 1 amide bonds. The fourth-order valence-corrected chi connectivity index (χ4v) is 6.11.